The lowest BCUT2D eigenvalue weighted by molar-refractivity contribution is -0.117. The van der Waals surface area contributed by atoms with E-state index in [1.807, 2.05) is 0 Å². The molecule has 7 heteroatoms. The average molecular weight is 261 g/mol. The molecule has 0 aliphatic heterocycles. The maximum Gasteiger partial charge on any atom is 0.229 e. The summed E-state index contributed by atoms with van der Waals surface area (Å²) in [6, 6.07) is 3.57. The second-order valence-electron chi connectivity index (χ2n) is 3.73. The van der Waals surface area contributed by atoms with Crippen molar-refractivity contribution in [2.75, 3.05) is 0 Å². The van der Waals surface area contributed by atoms with Gasteiger partial charge in [-0.3, -0.25) is 25.2 Å². The van der Waals surface area contributed by atoms with Crippen LogP contribution < -0.4 is 10.6 Å². The smallest absolute Gasteiger partial charge is 0.229 e. The van der Waals surface area contributed by atoms with E-state index in [1.165, 1.54) is 13.8 Å². The van der Waals surface area contributed by atoms with Crippen molar-refractivity contribution in [1.82, 2.24) is 15.6 Å². The normalized spacial score (nSPS) is 10.6. The number of nitrogens with zero attached hydrogens (tertiary/aromatic N) is 3. The molecule has 100 valence electrons. The highest BCUT2D eigenvalue weighted by Gasteiger charge is 2.03. The summed E-state index contributed by atoms with van der Waals surface area (Å²) >= 11 is 0. The average Bonchev–Trinajstić information content (AvgIpc) is 2.35. The highest BCUT2D eigenvalue weighted by Crippen LogP contribution is 1.99. The van der Waals surface area contributed by atoms with Crippen LogP contribution in [-0.2, 0) is 9.59 Å². The molecule has 1 heterocycles. The lowest BCUT2D eigenvalue weighted by atomic mass is 10.2. The zero-order valence-electron chi connectivity index (χ0n) is 11.0. The Morgan fingerprint density at radius 3 is 2.00 bits per heavy atom. The maximum absolute atomic E-state index is 11.0. The number of pyridine rings is 1. The molecule has 0 fully saturated rings. The van der Waals surface area contributed by atoms with Crippen molar-refractivity contribution in [2.24, 2.45) is 10.2 Å². The fourth-order valence-electron chi connectivity index (χ4n) is 1.19. The predicted molar refractivity (Wildman–Crippen MR) is 71.5 cm³/mol. The second kappa shape index (κ2) is 7.00. The van der Waals surface area contributed by atoms with Crippen LogP contribution in [0.15, 0.2) is 34.7 Å². The predicted octanol–water partition coefficient (Wildman–Crippen LogP) is 0.434. The summed E-state index contributed by atoms with van der Waals surface area (Å²) in [5.41, 5.74) is 1.49. The zero-order valence-corrected chi connectivity index (χ0v) is 11.0. The lowest BCUT2D eigenvalue weighted by Crippen LogP contribution is -2.41. The zero-order chi connectivity index (χ0) is 14.3. The molecular formula is C12H15N5O2. The van der Waals surface area contributed by atoms with Crippen LogP contribution in [0.1, 0.15) is 26.3 Å². The van der Waals surface area contributed by atoms with Crippen LogP contribution in [-0.4, -0.2) is 28.5 Å². The Bertz CT molecular complexity index is 504. The van der Waals surface area contributed by atoms with Crippen molar-refractivity contribution in [3.63, 3.8) is 0 Å². The van der Waals surface area contributed by atoms with Crippen LogP contribution in [0.25, 0.3) is 0 Å². The van der Waals surface area contributed by atoms with E-state index in [-0.39, 0.29) is 17.8 Å². The van der Waals surface area contributed by atoms with E-state index in [2.05, 4.69) is 25.8 Å². The van der Waals surface area contributed by atoms with Crippen molar-refractivity contribution in [1.29, 1.82) is 0 Å². The van der Waals surface area contributed by atoms with Gasteiger partial charge in [0.1, 0.15) is 0 Å². The van der Waals surface area contributed by atoms with Gasteiger partial charge in [0.25, 0.3) is 0 Å². The van der Waals surface area contributed by atoms with Crippen LogP contribution in [0.2, 0.25) is 0 Å². The first-order valence-electron chi connectivity index (χ1n) is 5.57. The minimum absolute atomic E-state index is 0.00611. The van der Waals surface area contributed by atoms with Crippen molar-refractivity contribution in [3.05, 3.63) is 30.1 Å². The summed E-state index contributed by atoms with van der Waals surface area (Å²) in [6.07, 6.45) is 3.28. The molecule has 0 aliphatic carbocycles. The first kappa shape index (κ1) is 14.5. The molecule has 0 unspecified atom stereocenters. The number of rotatable bonds is 2. The number of aromatic nitrogens is 1. The molecule has 19 heavy (non-hydrogen) atoms. The largest absolute Gasteiger partial charge is 0.295 e. The first-order valence-corrected chi connectivity index (χ1v) is 5.57. The number of hydrogen-bond acceptors (Lipinski definition) is 5. The van der Waals surface area contributed by atoms with Gasteiger partial charge in [-0.25, -0.2) is 0 Å². The van der Waals surface area contributed by atoms with E-state index in [0.717, 1.165) is 5.56 Å². The second-order valence-corrected chi connectivity index (χ2v) is 3.73. The summed E-state index contributed by atoms with van der Waals surface area (Å²) < 4.78 is 0. The molecule has 7 nitrogen and oxygen atoms in total. The molecule has 0 aromatic carbocycles. The highest BCUT2D eigenvalue weighted by atomic mass is 16.2. The van der Waals surface area contributed by atoms with Crippen molar-refractivity contribution < 1.29 is 9.59 Å². The Balaban J connectivity index is 2.89. The van der Waals surface area contributed by atoms with Gasteiger partial charge in [0.05, 0.1) is 5.71 Å². The molecule has 0 aliphatic rings. The molecule has 0 bridgehead atoms. The van der Waals surface area contributed by atoms with E-state index in [4.69, 9.17) is 0 Å². The van der Waals surface area contributed by atoms with Gasteiger partial charge in [-0.1, -0.05) is 0 Å². The quantitative estimate of drug-likeness (QED) is 0.459. The summed E-state index contributed by atoms with van der Waals surface area (Å²) in [7, 11) is 0. The number of nitrogens with one attached hydrogen (secondary N) is 2. The fourth-order valence-corrected chi connectivity index (χ4v) is 1.19. The monoisotopic (exact) mass is 261 g/mol. The van der Waals surface area contributed by atoms with Gasteiger partial charge in [-0.05, 0) is 19.1 Å². The fraction of sp³-hybridized carbons (Fsp3) is 0.250. The minimum Gasteiger partial charge on any atom is -0.295 e. The molecule has 2 amide bonds. The highest BCUT2D eigenvalue weighted by molar-refractivity contribution is 6.04. The van der Waals surface area contributed by atoms with Gasteiger partial charge < -0.3 is 0 Å². The number of hydrogen-bond donors (Lipinski definition) is 2. The van der Waals surface area contributed by atoms with Crippen molar-refractivity contribution >= 4 is 23.5 Å². The molecule has 0 atom stereocenters. The van der Waals surface area contributed by atoms with Crippen LogP contribution in [0.4, 0.5) is 0 Å². The van der Waals surface area contributed by atoms with Crippen LogP contribution >= 0.6 is 0 Å². The summed E-state index contributed by atoms with van der Waals surface area (Å²) in [5.74, 6) is -0.693. The van der Waals surface area contributed by atoms with Gasteiger partial charge in [-0.2, -0.15) is 5.10 Å². The van der Waals surface area contributed by atoms with Crippen molar-refractivity contribution in [2.45, 2.75) is 20.8 Å². The number of carbonyl (C=O) groups excluding carboxylic acids is 2. The Labute approximate surface area is 110 Å². The topological polar surface area (TPSA) is 95.8 Å². The van der Waals surface area contributed by atoms with Gasteiger partial charge in [0, 0.05) is 31.8 Å². The Morgan fingerprint density at radius 1 is 1.00 bits per heavy atom. The third kappa shape index (κ3) is 5.53. The van der Waals surface area contributed by atoms with E-state index in [1.54, 1.807) is 31.5 Å². The van der Waals surface area contributed by atoms with E-state index >= 15 is 0 Å². The van der Waals surface area contributed by atoms with Crippen LogP contribution in [0.3, 0.4) is 0 Å². The maximum atomic E-state index is 11.0. The molecular weight excluding hydrogens is 246 g/mol. The molecule has 2 N–H and O–H groups in total. The summed E-state index contributed by atoms with van der Waals surface area (Å²) in [6.45, 7) is 4.39. The Kier molecular flexibility index (Phi) is 5.34. The molecule has 0 radical (unpaired) electrons. The van der Waals surface area contributed by atoms with Gasteiger partial charge in [0.2, 0.25) is 17.8 Å². The third-order valence-corrected chi connectivity index (χ3v) is 1.99. The molecule has 1 aromatic heterocycles. The SMILES string of the molecule is CC(=O)NC(=N/N=C(\C)c1ccncc1)NC(C)=O. The third-order valence-electron chi connectivity index (χ3n) is 1.99. The van der Waals surface area contributed by atoms with Crippen LogP contribution in [0.5, 0.6) is 0 Å². The van der Waals surface area contributed by atoms with Gasteiger partial charge >= 0.3 is 0 Å². The van der Waals surface area contributed by atoms with Gasteiger partial charge in [-0.15, -0.1) is 5.10 Å². The van der Waals surface area contributed by atoms with Gasteiger partial charge in [0.15, 0.2) is 0 Å². The summed E-state index contributed by atoms with van der Waals surface area (Å²) in [5, 5.41) is 12.5. The molecule has 1 rings (SSSR count). The lowest BCUT2D eigenvalue weighted by Gasteiger charge is -2.05. The van der Waals surface area contributed by atoms with Crippen molar-refractivity contribution in [3.8, 4) is 0 Å². The van der Waals surface area contributed by atoms with E-state index < -0.39 is 0 Å². The summed E-state index contributed by atoms with van der Waals surface area (Å²) in [4.78, 5) is 25.8. The molecule has 1 aromatic rings. The van der Waals surface area contributed by atoms with Crippen LogP contribution in [0, 0.1) is 0 Å². The standard InChI is InChI=1S/C12H15N5O2/c1-8(11-4-6-13-7-5-11)16-17-12(14-9(2)18)15-10(3)19/h4-7H,1-3H3,(H2,14,15,17,18,19)/b16-8+. The molecule has 0 spiro atoms. The minimum atomic E-state index is -0.343. The Hall–Kier alpha value is -2.57. The Morgan fingerprint density at radius 2 is 1.53 bits per heavy atom. The molecule has 0 saturated heterocycles. The first-order chi connectivity index (χ1) is 8.99. The number of guanidine groups is 1. The number of amides is 2. The van der Waals surface area contributed by atoms with E-state index in [0.29, 0.717) is 5.71 Å². The molecule has 0 saturated carbocycles. The van der Waals surface area contributed by atoms with E-state index in [9.17, 15) is 9.59 Å². The number of carbonyl (C=O) groups is 2.